The molecule has 0 unspecified atom stereocenters. The fraction of sp³-hybridized carbons (Fsp3) is 0.824. The third-order valence-electron chi connectivity index (χ3n) is 5.61. The molecule has 23 heavy (non-hydrogen) atoms. The Bertz CT molecular complexity index is 479. The number of nitrogens with zero attached hydrogens (tertiary/aromatic N) is 1. The summed E-state index contributed by atoms with van der Waals surface area (Å²) in [5, 5.41) is 3.71. The Morgan fingerprint density at radius 2 is 1.74 bits per heavy atom. The van der Waals surface area contributed by atoms with Crippen molar-refractivity contribution in [3.8, 4) is 0 Å². The fourth-order valence-corrected chi connectivity index (χ4v) is 4.21. The molecule has 128 valence electrons. The van der Waals surface area contributed by atoms with Crippen LogP contribution in [0.2, 0.25) is 0 Å². The molecule has 6 heteroatoms. The van der Waals surface area contributed by atoms with E-state index >= 15 is 0 Å². The largest absolute Gasteiger partial charge is 0.344 e. The maximum atomic E-state index is 12.6. The van der Waals surface area contributed by atoms with Gasteiger partial charge in [0.1, 0.15) is 5.54 Å². The monoisotopic (exact) mass is 321 g/mol. The molecule has 1 aliphatic heterocycles. The number of hydrogen-bond acceptors (Lipinski definition) is 3. The van der Waals surface area contributed by atoms with Crippen LogP contribution in [-0.4, -0.2) is 28.4 Å². The molecule has 3 fully saturated rings. The Balaban J connectivity index is 1.51. The standard InChI is InChI=1S/C17H27N3O3/c21-14(10-9-13-7-3-1-4-8-13)19-20-15(22)17(18-16(20)23)11-5-2-6-12-17/h13H,1-12H2,(H,18,23)(H,19,21). The highest BCUT2D eigenvalue weighted by Crippen LogP contribution is 2.33. The lowest BCUT2D eigenvalue weighted by Crippen LogP contribution is -2.50. The van der Waals surface area contributed by atoms with Gasteiger partial charge in [-0.1, -0.05) is 51.4 Å². The number of urea groups is 1. The Labute approximate surface area is 137 Å². The molecule has 1 spiro atoms. The first-order chi connectivity index (χ1) is 11.1. The van der Waals surface area contributed by atoms with Crippen molar-refractivity contribution in [3.63, 3.8) is 0 Å². The SMILES string of the molecule is O=C(CCC1CCCCC1)NN1C(=O)NC2(CCCCC2)C1=O. The van der Waals surface area contributed by atoms with Crippen molar-refractivity contribution in [2.75, 3.05) is 0 Å². The van der Waals surface area contributed by atoms with E-state index < -0.39 is 11.6 Å². The van der Waals surface area contributed by atoms with Gasteiger partial charge in [0.15, 0.2) is 0 Å². The second-order valence-corrected chi connectivity index (χ2v) is 7.29. The van der Waals surface area contributed by atoms with Crippen molar-refractivity contribution in [2.24, 2.45) is 5.92 Å². The summed E-state index contributed by atoms with van der Waals surface area (Å²) in [6.45, 7) is 0. The smallest absolute Gasteiger partial charge is 0.322 e. The van der Waals surface area contributed by atoms with Gasteiger partial charge >= 0.3 is 6.03 Å². The normalized spacial score (nSPS) is 24.8. The van der Waals surface area contributed by atoms with Crippen molar-refractivity contribution < 1.29 is 14.4 Å². The summed E-state index contributed by atoms with van der Waals surface area (Å²) < 4.78 is 0. The van der Waals surface area contributed by atoms with Crippen LogP contribution < -0.4 is 10.7 Å². The maximum Gasteiger partial charge on any atom is 0.344 e. The third kappa shape index (κ3) is 3.51. The summed E-state index contributed by atoms with van der Waals surface area (Å²) in [7, 11) is 0. The number of nitrogens with one attached hydrogen (secondary N) is 2. The molecule has 2 aliphatic carbocycles. The van der Waals surface area contributed by atoms with Crippen molar-refractivity contribution in [1.82, 2.24) is 15.8 Å². The average molecular weight is 321 g/mol. The highest BCUT2D eigenvalue weighted by atomic mass is 16.2. The van der Waals surface area contributed by atoms with Crippen LogP contribution in [0.1, 0.15) is 77.0 Å². The highest BCUT2D eigenvalue weighted by molar-refractivity contribution is 6.07. The molecule has 1 heterocycles. The van der Waals surface area contributed by atoms with Crippen molar-refractivity contribution in [3.05, 3.63) is 0 Å². The van der Waals surface area contributed by atoms with Gasteiger partial charge in [-0.2, -0.15) is 5.01 Å². The summed E-state index contributed by atoms with van der Waals surface area (Å²) in [5.41, 5.74) is 1.75. The van der Waals surface area contributed by atoms with Crippen LogP contribution >= 0.6 is 0 Å². The first kappa shape index (κ1) is 16.3. The Morgan fingerprint density at radius 1 is 1.09 bits per heavy atom. The molecule has 3 rings (SSSR count). The minimum atomic E-state index is -0.772. The summed E-state index contributed by atoms with van der Waals surface area (Å²) in [6, 6.07) is -0.483. The van der Waals surface area contributed by atoms with Crippen LogP contribution in [0.4, 0.5) is 4.79 Å². The van der Waals surface area contributed by atoms with E-state index in [2.05, 4.69) is 10.7 Å². The molecule has 1 saturated heterocycles. The molecule has 0 bridgehead atoms. The summed E-state index contributed by atoms with van der Waals surface area (Å²) >= 11 is 0. The molecular formula is C17H27N3O3. The number of rotatable bonds is 4. The van der Waals surface area contributed by atoms with E-state index in [-0.39, 0.29) is 11.8 Å². The maximum absolute atomic E-state index is 12.6. The van der Waals surface area contributed by atoms with E-state index in [1.807, 2.05) is 0 Å². The lowest BCUT2D eigenvalue weighted by molar-refractivity contribution is -0.140. The summed E-state index contributed by atoms with van der Waals surface area (Å²) in [6.07, 6.45) is 11.7. The van der Waals surface area contributed by atoms with Crippen LogP contribution in [-0.2, 0) is 9.59 Å². The second kappa shape index (κ2) is 6.89. The summed E-state index contributed by atoms with van der Waals surface area (Å²) in [5.74, 6) is 0.0995. The topological polar surface area (TPSA) is 78.5 Å². The van der Waals surface area contributed by atoms with E-state index in [1.54, 1.807) is 0 Å². The first-order valence-electron chi connectivity index (χ1n) is 9.07. The van der Waals surface area contributed by atoms with Gasteiger partial charge in [-0.15, -0.1) is 0 Å². The zero-order chi connectivity index (χ0) is 16.3. The minimum absolute atomic E-state index is 0.230. The van der Waals surface area contributed by atoms with Gasteiger partial charge in [0, 0.05) is 6.42 Å². The molecule has 6 nitrogen and oxygen atoms in total. The minimum Gasteiger partial charge on any atom is -0.322 e. The van der Waals surface area contributed by atoms with Crippen LogP contribution in [0.3, 0.4) is 0 Å². The number of carbonyl (C=O) groups is 3. The van der Waals surface area contributed by atoms with E-state index in [0.29, 0.717) is 25.2 Å². The van der Waals surface area contributed by atoms with Gasteiger partial charge in [-0.3, -0.25) is 15.0 Å². The lowest BCUT2D eigenvalue weighted by Gasteiger charge is -2.30. The Hall–Kier alpha value is -1.59. The predicted octanol–water partition coefficient (Wildman–Crippen LogP) is 2.63. The quantitative estimate of drug-likeness (QED) is 0.781. The zero-order valence-electron chi connectivity index (χ0n) is 13.7. The lowest BCUT2D eigenvalue weighted by atomic mass is 9.82. The third-order valence-corrected chi connectivity index (χ3v) is 5.61. The van der Waals surface area contributed by atoms with E-state index in [4.69, 9.17) is 0 Å². The average Bonchev–Trinajstić information content (AvgIpc) is 2.79. The van der Waals surface area contributed by atoms with Crippen LogP contribution in [0.15, 0.2) is 0 Å². The number of imide groups is 1. The fourth-order valence-electron chi connectivity index (χ4n) is 4.21. The van der Waals surface area contributed by atoms with Gasteiger partial charge in [-0.05, 0) is 25.2 Å². The number of amides is 4. The van der Waals surface area contributed by atoms with Crippen LogP contribution in [0.5, 0.6) is 0 Å². The molecule has 2 saturated carbocycles. The van der Waals surface area contributed by atoms with Crippen molar-refractivity contribution in [1.29, 1.82) is 0 Å². The van der Waals surface area contributed by atoms with Crippen molar-refractivity contribution >= 4 is 17.8 Å². The molecule has 3 aliphatic rings. The Morgan fingerprint density at radius 3 is 2.43 bits per heavy atom. The zero-order valence-corrected chi connectivity index (χ0v) is 13.7. The van der Waals surface area contributed by atoms with Gasteiger partial charge in [0.25, 0.3) is 5.91 Å². The van der Waals surface area contributed by atoms with Gasteiger partial charge in [0.2, 0.25) is 5.91 Å². The molecule has 2 N–H and O–H groups in total. The van der Waals surface area contributed by atoms with E-state index in [0.717, 1.165) is 30.7 Å². The van der Waals surface area contributed by atoms with Gasteiger partial charge < -0.3 is 5.32 Å². The number of carbonyl (C=O) groups excluding carboxylic acids is 3. The molecule has 4 amide bonds. The van der Waals surface area contributed by atoms with E-state index in [1.165, 1.54) is 32.1 Å². The molecule has 0 radical (unpaired) electrons. The number of hydrogen-bond donors (Lipinski definition) is 2. The molecule has 0 atom stereocenters. The van der Waals surface area contributed by atoms with Gasteiger partial charge in [0.05, 0.1) is 0 Å². The molecule has 0 aromatic heterocycles. The molecular weight excluding hydrogens is 294 g/mol. The van der Waals surface area contributed by atoms with Gasteiger partial charge in [-0.25, -0.2) is 4.79 Å². The highest BCUT2D eigenvalue weighted by Gasteiger charge is 2.52. The van der Waals surface area contributed by atoms with Crippen molar-refractivity contribution in [2.45, 2.75) is 82.6 Å². The summed E-state index contributed by atoms with van der Waals surface area (Å²) in [4.78, 5) is 36.8. The number of hydrazine groups is 1. The first-order valence-corrected chi connectivity index (χ1v) is 9.07. The Kier molecular flexibility index (Phi) is 4.87. The molecule has 0 aromatic carbocycles. The van der Waals surface area contributed by atoms with Crippen LogP contribution in [0, 0.1) is 5.92 Å². The van der Waals surface area contributed by atoms with Crippen LogP contribution in [0.25, 0.3) is 0 Å². The second-order valence-electron chi connectivity index (χ2n) is 7.29. The molecule has 0 aromatic rings. The predicted molar refractivity (Wildman–Crippen MR) is 85.1 cm³/mol. The van der Waals surface area contributed by atoms with E-state index in [9.17, 15) is 14.4 Å².